The first kappa shape index (κ1) is 13.9. The van der Waals surface area contributed by atoms with Gasteiger partial charge in [-0.25, -0.2) is 4.98 Å². The molecule has 2 aromatic carbocycles. The third kappa shape index (κ3) is 3.15. The molecule has 1 heterocycles. The molecule has 0 atom stereocenters. The van der Waals surface area contributed by atoms with Gasteiger partial charge in [-0.2, -0.15) is 0 Å². The van der Waals surface area contributed by atoms with Crippen LogP contribution in [0.3, 0.4) is 0 Å². The van der Waals surface area contributed by atoms with Crippen LogP contribution in [0.15, 0.2) is 78.9 Å². The lowest BCUT2D eigenvalue weighted by molar-refractivity contribution is -0.113. The van der Waals surface area contributed by atoms with Gasteiger partial charge in [-0.1, -0.05) is 36.4 Å². The molecule has 106 valence electrons. The number of carbonyl (C=O) groups excluding carboxylic acids is 2. The molecule has 1 aromatic heterocycles. The van der Waals surface area contributed by atoms with Crippen molar-refractivity contribution >= 4 is 33.4 Å². The largest absolute Gasteiger partial charge is 0.290 e. The van der Waals surface area contributed by atoms with Gasteiger partial charge in [-0.3, -0.25) is 9.59 Å². The molecule has 0 radical (unpaired) electrons. The van der Waals surface area contributed by atoms with Crippen molar-refractivity contribution in [3.05, 3.63) is 78.9 Å². The van der Waals surface area contributed by atoms with Crippen molar-refractivity contribution < 1.29 is 9.59 Å². The molecule has 0 bridgehead atoms. The van der Waals surface area contributed by atoms with E-state index < -0.39 is 0 Å². The van der Waals surface area contributed by atoms with Crippen LogP contribution in [0, 0.1) is 0 Å². The fraction of sp³-hybridized carbons (Fsp3) is 0. The van der Waals surface area contributed by atoms with Crippen molar-refractivity contribution in [1.82, 2.24) is 4.98 Å². The van der Waals surface area contributed by atoms with Gasteiger partial charge in [0.25, 0.3) is 0 Å². The Morgan fingerprint density at radius 1 is 0.591 bits per heavy atom. The first-order valence-corrected chi connectivity index (χ1v) is 6.91. The zero-order chi connectivity index (χ0) is 15.4. The lowest BCUT2D eigenvalue weighted by atomic mass is 10.1. The second-order valence-electron chi connectivity index (χ2n) is 4.85. The van der Waals surface area contributed by atoms with Crippen molar-refractivity contribution in [2.75, 3.05) is 0 Å². The minimum absolute atomic E-state index is 0.121. The maximum absolute atomic E-state index is 10.3. The normalized spacial score (nSPS) is 13.3. The Kier molecular flexibility index (Phi) is 3.88. The highest BCUT2D eigenvalue weighted by atomic mass is 16.1. The number of fused-ring (bicyclic) bond motifs is 2. The number of aromatic nitrogens is 1. The van der Waals surface area contributed by atoms with Gasteiger partial charge in [0.05, 0.1) is 11.0 Å². The molecule has 0 N–H and O–H groups in total. The van der Waals surface area contributed by atoms with Gasteiger partial charge in [0.1, 0.15) is 0 Å². The molecule has 0 aliphatic heterocycles. The molecule has 0 saturated heterocycles. The Balaban J connectivity index is 0.000000154. The van der Waals surface area contributed by atoms with Crippen molar-refractivity contribution in [3.8, 4) is 0 Å². The summed E-state index contributed by atoms with van der Waals surface area (Å²) in [4.78, 5) is 25.1. The molecule has 1 aliphatic rings. The monoisotopic (exact) mass is 287 g/mol. The minimum atomic E-state index is -0.121. The molecule has 3 heteroatoms. The molecule has 0 amide bonds. The van der Waals surface area contributed by atoms with E-state index in [4.69, 9.17) is 0 Å². The van der Waals surface area contributed by atoms with E-state index in [-0.39, 0.29) is 11.6 Å². The summed E-state index contributed by atoms with van der Waals surface area (Å²) in [6.45, 7) is 0. The summed E-state index contributed by atoms with van der Waals surface area (Å²) in [6.07, 6.45) is 5.01. The number of ketones is 2. The molecule has 0 saturated carbocycles. The smallest absolute Gasteiger partial charge is 0.178 e. The average molecular weight is 287 g/mol. The molecule has 1 aliphatic carbocycles. The molecule has 3 nitrogen and oxygen atoms in total. The lowest BCUT2D eigenvalue weighted by Crippen LogP contribution is -1.97. The van der Waals surface area contributed by atoms with Gasteiger partial charge >= 0.3 is 0 Å². The highest BCUT2D eigenvalue weighted by molar-refractivity contribution is 6.14. The van der Waals surface area contributed by atoms with Gasteiger partial charge in [-0.05, 0) is 42.5 Å². The molecule has 0 fully saturated rings. The molecular formula is C19H13NO2. The predicted octanol–water partition coefficient (Wildman–Crippen LogP) is 3.64. The van der Waals surface area contributed by atoms with E-state index in [1.807, 2.05) is 36.4 Å². The van der Waals surface area contributed by atoms with Crippen molar-refractivity contribution in [1.29, 1.82) is 0 Å². The van der Waals surface area contributed by atoms with E-state index in [1.54, 1.807) is 0 Å². The summed E-state index contributed by atoms with van der Waals surface area (Å²) in [5.41, 5.74) is 2.12. The average Bonchev–Trinajstić information content (AvgIpc) is 2.56. The van der Waals surface area contributed by atoms with Crippen LogP contribution in [0.4, 0.5) is 0 Å². The van der Waals surface area contributed by atoms with Crippen LogP contribution in [-0.4, -0.2) is 16.6 Å². The van der Waals surface area contributed by atoms with E-state index >= 15 is 0 Å². The number of nitrogens with zero attached hydrogens (tertiary/aromatic N) is 1. The summed E-state index contributed by atoms with van der Waals surface area (Å²) in [6, 6.07) is 18.6. The molecule has 3 aromatic rings. The third-order valence-corrected chi connectivity index (χ3v) is 3.25. The minimum Gasteiger partial charge on any atom is -0.290 e. The lowest BCUT2D eigenvalue weighted by Gasteiger charge is -1.99. The van der Waals surface area contributed by atoms with Crippen LogP contribution in [0.2, 0.25) is 0 Å². The topological polar surface area (TPSA) is 47.0 Å². The second kappa shape index (κ2) is 6.14. The number of hydrogen-bond acceptors (Lipinski definition) is 3. The van der Waals surface area contributed by atoms with Gasteiger partial charge in [0.2, 0.25) is 0 Å². The van der Waals surface area contributed by atoms with Crippen molar-refractivity contribution in [2.24, 2.45) is 0 Å². The first-order chi connectivity index (χ1) is 10.7. The highest BCUT2D eigenvalue weighted by Gasteiger charge is 1.98. The Labute approximate surface area is 127 Å². The maximum atomic E-state index is 10.3. The molecule has 0 spiro atoms. The van der Waals surface area contributed by atoms with Gasteiger partial charge < -0.3 is 0 Å². The summed E-state index contributed by atoms with van der Waals surface area (Å²) in [5.74, 6) is -0.241. The maximum Gasteiger partial charge on any atom is 0.178 e. The fourth-order valence-electron chi connectivity index (χ4n) is 2.16. The number of carbonyl (C=O) groups is 2. The molecular weight excluding hydrogens is 274 g/mol. The SMILES string of the molecule is O=C1C=CC(=O)C=C1.c1ccc2nc3ccccc3cc2c1. The van der Waals surface area contributed by atoms with Crippen molar-refractivity contribution in [3.63, 3.8) is 0 Å². The Bertz CT molecular complexity index is 780. The van der Waals surface area contributed by atoms with Crippen LogP contribution in [0.1, 0.15) is 0 Å². The molecule has 22 heavy (non-hydrogen) atoms. The van der Waals surface area contributed by atoms with E-state index in [1.165, 1.54) is 35.1 Å². The second-order valence-corrected chi connectivity index (χ2v) is 4.85. The Hall–Kier alpha value is -3.07. The first-order valence-electron chi connectivity index (χ1n) is 6.91. The number of pyridine rings is 1. The number of benzene rings is 2. The van der Waals surface area contributed by atoms with Gasteiger partial charge in [0, 0.05) is 10.8 Å². The van der Waals surface area contributed by atoms with Crippen LogP contribution < -0.4 is 0 Å². The number of hydrogen-bond donors (Lipinski definition) is 0. The standard InChI is InChI=1S/C13H9N.C6H4O2/c1-3-7-12-10(5-1)9-11-6-2-4-8-13(11)14-12;7-5-1-2-6(8)4-3-5/h1-9H;1-4H. The van der Waals surface area contributed by atoms with Crippen LogP contribution in [0.5, 0.6) is 0 Å². The summed E-state index contributed by atoms with van der Waals surface area (Å²) in [5, 5.41) is 2.40. The quantitative estimate of drug-likeness (QED) is 0.468. The van der Waals surface area contributed by atoms with E-state index in [9.17, 15) is 9.59 Å². The summed E-state index contributed by atoms with van der Waals surface area (Å²) in [7, 11) is 0. The van der Waals surface area contributed by atoms with Crippen LogP contribution in [0.25, 0.3) is 21.8 Å². The van der Waals surface area contributed by atoms with Gasteiger partial charge in [-0.15, -0.1) is 0 Å². The van der Waals surface area contributed by atoms with Crippen molar-refractivity contribution in [2.45, 2.75) is 0 Å². The van der Waals surface area contributed by atoms with E-state index in [0.717, 1.165) is 11.0 Å². The Morgan fingerprint density at radius 3 is 1.45 bits per heavy atom. The zero-order valence-electron chi connectivity index (χ0n) is 11.8. The highest BCUT2D eigenvalue weighted by Crippen LogP contribution is 2.18. The van der Waals surface area contributed by atoms with E-state index in [2.05, 4.69) is 23.2 Å². The Morgan fingerprint density at radius 2 is 1.00 bits per heavy atom. The number of allylic oxidation sites excluding steroid dienone is 4. The number of rotatable bonds is 0. The van der Waals surface area contributed by atoms with Gasteiger partial charge in [0.15, 0.2) is 11.6 Å². The zero-order valence-corrected chi connectivity index (χ0v) is 11.8. The van der Waals surface area contributed by atoms with Crippen LogP contribution in [-0.2, 0) is 9.59 Å². The summed E-state index contributed by atoms with van der Waals surface area (Å²) >= 11 is 0. The molecule has 0 unspecified atom stereocenters. The number of para-hydroxylation sites is 2. The van der Waals surface area contributed by atoms with E-state index in [0.29, 0.717) is 0 Å². The predicted molar refractivity (Wildman–Crippen MR) is 87.5 cm³/mol. The summed E-state index contributed by atoms with van der Waals surface area (Å²) < 4.78 is 0. The van der Waals surface area contributed by atoms with Crippen LogP contribution >= 0.6 is 0 Å². The third-order valence-electron chi connectivity index (χ3n) is 3.25. The fourth-order valence-corrected chi connectivity index (χ4v) is 2.16. The molecule has 4 rings (SSSR count).